The van der Waals surface area contributed by atoms with Crippen LogP contribution < -0.4 is 0 Å². The molecule has 0 aromatic carbocycles. The average molecular weight is 268 g/mol. The number of nitrogens with zero attached hydrogens (tertiary/aromatic N) is 4. The van der Waals surface area contributed by atoms with E-state index in [0.29, 0.717) is 6.54 Å². The Morgan fingerprint density at radius 2 is 2.39 bits per heavy atom. The second kappa shape index (κ2) is 4.92. The van der Waals surface area contributed by atoms with Crippen molar-refractivity contribution in [3.63, 3.8) is 0 Å². The first-order chi connectivity index (χ1) is 8.69. The van der Waals surface area contributed by atoms with Crippen molar-refractivity contribution in [3.8, 4) is 0 Å². The monoisotopic (exact) mass is 268 g/mol. The minimum Gasteiger partial charge on any atom is -0.444 e. The van der Waals surface area contributed by atoms with Crippen LogP contribution in [0.25, 0.3) is 0 Å². The Morgan fingerprint density at radius 3 is 2.89 bits per heavy atom. The normalized spacial score (nSPS) is 10.3. The maximum atomic E-state index is 11.1. The summed E-state index contributed by atoms with van der Waals surface area (Å²) in [4.78, 5) is 18.1. The van der Waals surface area contributed by atoms with Crippen LogP contribution in [0.5, 0.6) is 0 Å². The SMILES string of the molecule is CCn1c([N+](=O)[O-])cnc1C(=S=O)c1ncco1. The summed E-state index contributed by atoms with van der Waals surface area (Å²) in [5.41, 5.74) is 0. The summed E-state index contributed by atoms with van der Waals surface area (Å²) in [6.45, 7) is 2.04. The zero-order chi connectivity index (χ0) is 13.1. The third-order valence-electron chi connectivity index (χ3n) is 2.25. The summed E-state index contributed by atoms with van der Waals surface area (Å²) in [6, 6.07) is 0. The Kier molecular flexibility index (Phi) is 3.33. The Labute approximate surface area is 104 Å². The van der Waals surface area contributed by atoms with E-state index in [1.54, 1.807) is 6.92 Å². The predicted molar refractivity (Wildman–Crippen MR) is 62.4 cm³/mol. The van der Waals surface area contributed by atoms with Gasteiger partial charge in [-0.05, 0) is 11.8 Å². The van der Waals surface area contributed by atoms with Crippen molar-refractivity contribution in [2.24, 2.45) is 0 Å². The smallest absolute Gasteiger partial charge is 0.343 e. The van der Waals surface area contributed by atoms with E-state index in [1.807, 2.05) is 0 Å². The van der Waals surface area contributed by atoms with Gasteiger partial charge in [0.1, 0.15) is 23.7 Å². The molecule has 2 aromatic rings. The lowest BCUT2D eigenvalue weighted by Crippen LogP contribution is -2.13. The van der Waals surface area contributed by atoms with Crippen LogP contribution in [-0.2, 0) is 17.8 Å². The summed E-state index contributed by atoms with van der Waals surface area (Å²) in [7, 11) is 0. The quantitative estimate of drug-likeness (QED) is 0.347. The van der Waals surface area contributed by atoms with Crippen molar-refractivity contribution in [2.75, 3.05) is 0 Å². The zero-order valence-electron chi connectivity index (χ0n) is 9.27. The number of nitro groups is 1. The third kappa shape index (κ3) is 1.95. The Balaban J connectivity index is 2.58. The minimum absolute atomic E-state index is 0.102. The molecule has 0 saturated heterocycles. The number of hydrogen-bond acceptors (Lipinski definition) is 6. The van der Waals surface area contributed by atoms with E-state index in [4.69, 9.17) is 4.42 Å². The van der Waals surface area contributed by atoms with Crippen LogP contribution in [0.1, 0.15) is 18.6 Å². The van der Waals surface area contributed by atoms with Crippen molar-refractivity contribution in [1.29, 1.82) is 0 Å². The first-order valence-electron chi connectivity index (χ1n) is 4.96. The molecule has 0 N–H and O–H groups in total. The summed E-state index contributed by atoms with van der Waals surface area (Å²) in [5.74, 6) is 0.113. The van der Waals surface area contributed by atoms with Crippen LogP contribution in [0.2, 0.25) is 0 Å². The van der Waals surface area contributed by atoms with E-state index in [0.717, 1.165) is 6.20 Å². The van der Waals surface area contributed by atoms with E-state index in [2.05, 4.69) is 9.97 Å². The van der Waals surface area contributed by atoms with Gasteiger partial charge in [0.15, 0.2) is 4.86 Å². The highest BCUT2D eigenvalue weighted by molar-refractivity contribution is 7.67. The van der Waals surface area contributed by atoms with Gasteiger partial charge in [0.25, 0.3) is 0 Å². The molecule has 2 aromatic heterocycles. The molecule has 0 fully saturated rings. The Morgan fingerprint density at radius 1 is 1.61 bits per heavy atom. The highest BCUT2D eigenvalue weighted by Crippen LogP contribution is 2.16. The van der Waals surface area contributed by atoms with Crippen LogP contribution in [0.3, 0.4) is 0 Å². The molecule has 0 amide bonds. The van der Waals surface area contributed by atoms with Crippen molar-refractivity contribution in [3.05, 3.63) is 40.5 Å². The predicted octanol–water partition coefficient (Wildman–Crippen LogP) is 0.581. The van der Waals surface area contributed by atoms with Crippen molar-refractivity contribution >= 4 is 21.9 Å². The molecule has 0 aliphatic heterocycles. The molecule has 18 heavy (non-hydrogen) atoms. The van der Waals surface area contributed by atoms with E-state index < -0.39 is 4.92 Å². The second-order valence-corrected chi connectivity index (χ2v) is 3.77. The minimum atomic E-state index is -0.553. The van der Waals surface area contributed by atoms with Gasteiger partial charge < -0.3 is 14.5 Å². The van der Waals surface area contributed by atoms with E-state index in [-0.39, 0.29) is 33.7 Å². The topological polar surface area (TPSA) is 104 Å². The van der Waals surface area contributed by atoms with Gasteiger partial charge in [0.05, 0.1) is 12.7 Å². The highest BCUT2D eigenvalue weighted by atomic mass is 32.1. The zero-order valence-corrected chi connectivity index (χ0v) is 10.1. The number of imidazole rings is 1. The van der Waals surface area contributed by atoms with E-state index in [9.17, 15) is 14.3 Å². The van der Waals surface area contributed by atoms with Crippen molar-refractivity contribution < 1.29 is 13.5 Å². The fourth-order valence-corrected chi connectivity index (χ4v) is 1.92. The molecule has 94 valence electrons. The molecule has 0 aliphatic rings. The van der Waals surface area contributed by atoms with Gasteiger partial charge >= 0.3 is 5.82 Å². The molecular weight excluding hydrogens is 260 g/mol. The van der Waals surface area contributed by atoms with Gasteiger partial charge in [-0.15, -0.1) is 0 Å². The maximum Gasteiger partial charge on any atom is 0.343 e. The van der Waals surface area contributed by atoms with Gasteiger partial charge in [-0.2, -0.15) is 0 Å². The van der Waals surface area contributed by atoms with Crippen LogP contribution in [-0.4, -0.2) is 28.5 Å². The highest BCUT2D eigenvalue weighted by Gasteiger charge is 2.26. The van der Waals surface area contributed by atoms with Crippen LogP contribution in [0.4, 0.5) is 5.82 Å². The molecule has 0 radical (unpaired) electrons. The van der Waals surface area contributed by atoms with Gasteiger partial charge in [0.2, 0.25) is 11.7 Å². The standard InChI is InChI=1S/C9H8N4O4S/c1-2-12-6(13(14)15)5-11-8(12)7(18-16)9-10-3-4-17-9/h3-5H,2H2,1H3. The van der Waals surface area contributed by atoms with Gasteiger partial charge in [0, 0.05) is 0 Å². The molecule has 8 nitrogen and oxygen atoms in total. The number of oxazole rings is 1. The van der Waals surface area contributed by atoms with Crippen molar-refractivity contribution in [2.45, 2.75) is 13.5 Å². The molecule has 0 bridgehead atoms. The first kappa shape index (κ1) is 12.2. The number of hydrogen-bond donors (Lipinski definition) is 0. The van der Waals surface area contributed by atoms with Gasteiger partial charge in [-0.3, -0.25) is 0 Å². The number of rotatable bonds is 4. The van der Waals surface area contributed by atoms with Crippen LogP contribution in [0.15, 0.2) is 23.1 Å². The fourth-order valence-electron chi connectivity index (χ4n) is 1.51. The summed E-state index contributed by atoms with van der Waals surface area (Å²) in [6.07, 6.45) is 3.82. The van der Waals surface area contributed by atoms with E-state index >= 15 is 0 Å². The molecule has 2 rings (SSSR count). The summed E-state index contributed by atoms with van der Waals surface area (Å²) >= 11 is 0.140. The Hall–Kier alpha value is -2.29. The number of aromatic nitrogens is 3. The maximum absolute atomic E-state index is 11.1. The molecule has 0 unspecified atom stereocenters. The average Bonchev–Trinajstić information content (AvgIpc) is 2.98. The van der Waals surface area contributed by atoms with Crippen LogP contribution in [0, 0.1) is 10.1 Å². The molecule has 2 heterocycles. The first-order valence-corrected chi connectivity index (χ1v) is 5.70. The lowest BCUT2D eigenvalue weighted by atomic mass is 10.4. The molecule has 0 spiro atoms. The second-order valence-electron chi connectivity index (χ2n) is 3.19. The molecular formula is C9H8N4O4S. The summed E-state index contributed by atoms with van der Waals surface area (Å²) in [5, 5.41) is 10.8. The van der Waals surface area contributed by atoms with Gasteiger partial charge in [-0.1, -0.05) is 0 Å². The lowest BCUT2D eigenvalue weighted by Gasteiger charge is -2.00. The van der Waals surface area contributed by atoms with Gasteiger partial charge in [-0.25, -0.2) is 18.7 Å². The third-order valence-corrected chi connectivity index (χ3v) is 2.77. The van der Waals surface area contributed by atoms with E-state index in [1.165, 1.54) is 17.0 Å². The Bertz CT molecular complexity index is 627. The molecule has 0 aliphatic carbocycles. The molecule has 0 atom stereocenters. The molecule has 9 heteroatoms. The molecule has 0 saturated carbocycles. The fraction of sp³-hybridized carbons (Fsp3) is 0.222. The largest absolute Gasteiger partial charge is 0.444 e. The lowest BCUT2D eigenvalue weighted by molar-refractivity contribution is -0.392. The van der Waals surface area contributed by atoms with Crippen LogP contribution >= 0.6 is 0 Å². The van der Waals surface area contributed by atoms with Crippen molar-refractivity contribution in [1.82, 2.24) is 14.5 Å². The summed E-state index contributed by atoms with van der Waals surface area (Å²) < 4.78 is 17.5.